The van der Waals surface area contributed by atoms with Gasteiger partial charge >= 0.3 is 12.1 Å². The van der Waals surface area contributed by atoms with Crippen molar-refractivity contribution in [2.75, 3.05) is 18.0 Å². The molecule has 0 radical (unpaired) electrons. The van der Waals surface area contributed by atoms with Crippen LogP contribution in [0, 0.1) is 0 Å². The molecule has 0 saturated carbocycles. The summed E-state index contributed by atoms with van der Waals surface area (Å²) in [5.74, 6) is -0.246. The van der Waals surface area contributed by atoms with Crippen LogP contribution in [0.4, 0.5) is 15.3 Å². The molecular weight excluding hydrogens is 360 g/mol. The molecule has 2 aliphatic rings. The second-order valence-corrected chi connectivity index (χ2v) is 8.19. The molecule has 0 bridgehead atoms. The van der Waals surface area contributed by atoms with Crippen LogP contribution in [0.5, 0.6) is 0 Å². The van der Waals surface area contributed by atoms with Crippen molar-refractivity contribution in [3.63, 3.8) is 0 Å². The van der Waals surface area contributed by atoms with Gasteiger partial charge in [-0.15, -0.1) is 0 Å². The van der Waals surface area contributed by atoms with Crippen LogP contribution < -0.4 is 10.2 Å². The molecule has 2 aromatic rings. The molecule has 1 aromatic carbocycles. The zero-order valence-electron chi connectivity index (χ0n) is 16.3. The third-order valence-corrected chi connectivity index (χ3v) is 4.93. The summed E-state index contributed by atoms with van der Waals surface area (Å²) < 4.78 is 7.68. The lowest BCUT2D eigenvalue weighted by Crippen LogP contribution is -2.49. The van der Waals surface area contributed by atoms with E-state index in [-0.39, 0.29) is 12.0 Å². The van der Waals surface area contributed by atoms with Gasteiger partial charge in [0.2, 0.25) is 5.91 Å². The fourth-order valence-corrected chi connectivity index (χ4v) is 3.67. The Bertz CT molecular complexity index is 972. The Morgan fingerprint density at radius 3 is 2.61 bits per heavy atom. The molecule has 8 nitrogen and oxygen atoms in total. The maximum absolute atomic E-state index is 12.4. The average Bonchev–Trinajstić information content (AvgIpc) is 2.97. The van der Waals surface area contributed by atoms with Crippen molar-refractivity contribution in [1.29, 1.82) is 0 Å². The number of carbonyl (C=O) groups is 3. The first-order valence-electron chi connectivity index (χ1n) is 9.43. The first kappa shape index (κ1) is 18.3. The summed E-state index contributed by atoms with van der Waals surface area (Å²) in [5, 5.41) is 3.35. The summed E-state index contributed by atoms with van der Waals surface area (Å²) in [6.45, 7) is 7.71. The summed E-state index contributed by atoms with van der Waals surface area (Å²) in [6, 6.07) is 7.48. The average molecular weight is 384 g/mol. The number of carbonyl (C=O) groups excluding carboxylic acids is 3. The van der Waals surface area contributed by atoms with Crippen molar-refractivity contribution in [2.45, 2.75) is 45.9 Å². The van der Waals surface area contributed by atoms with E-state index in [1.54, 1.807) is 9.80 Å². The Morgan fingerprint density at radius 2 is 1.89 bits per heavy atom. The Balaban J connectivity index is 1.58. The van der Waals surface area contributed by atoms with Crippen LogP contribution >= 0.6 is 0 Å². The number of rotatable bonds is 1. The van der Waals surface area contributed by atoms with Gasteiger partial charge in [0.25, 0.3) is 0 Å². The smallest absolute Gasteiger partial charge is 0.410 e. The highest BCUT2D eigenvalue weighted by Gasteiger charge is 2.28. The molecule has 0 aliphatic carbocycles. The molecule has 4 amide bonds. The molecule has 28 heavy (non-hydrogen) atoms. The fourth-order valence-electron chi connectivity index (χ4n) is 3.67. The molecule has 1 fully saturated rings. The number of imide groups is 1. The van der Waals surface area contributed by atoms with Gasteiger partial charge in [-0.1, -0.05) is 0 Å². The lowest BCUT2D eigenvalue weighted by atomic mass is 10.2. The second kappa shape index (κ2) is 6.54. The van der Waals surface area contributed by atoms with Crippen LogP contribution in [0.25, 0.3) is 10.9 Å². The van der Waals surface area contributed by atoms with E-state index in [4.69, 9.17) is 4.74 Å². The number of hydrogen-bond donors (Lipinski definition) is 1. The van der Waals surface area contributed by atoms with Crippen LogP contribution in [0.1, 0.15) is 32.9 Å². The summed E-state index contributed by atoms with van der Waals surface area (Å²) in [6.07, 6.45) is -0.0136. The number of amides is 4. The van der Waals surface area contributed by atoms with E-state index >= 15 is 0 Å². The number of benzene rings is 1. The summed E-state index contributed by atoms with van der Waals surface area (Å²) in [7, 11) is 0. The largest absolute Gasteiger partial charge is 0.444 e. The topological polar surface area (TPSA) is 83.9 Å². The second-order valence-electron chi connectivity index (χ2n) is 8.19. The Kier molecular flexibility index (Phi) is 4.28. The zero-order valence-corrected chi connectivity index (χ0v) is 16.3. The summed E-state index contributed by atoms with van der Waals surface area (Å²) in [5.41, 5.74) is 2.33. The first-order chi connectivity index (χ1) is 13.2. The van der Waals surface area contributed by atoms with Crippen LogP contribution in [0.2, 0.25) is 0 Å². The van der Waals surface area contributed by atoms with Crippen molar-refractivity contribution >= 4 is 34.6 Å². The molecule has 8 heteroatoms. The highest BCUT2D eigenvalue weighted by Crippen LogP contribution is 2.29. The predicted molar refractivity (Wildman–Crippen MR) is 104 cm³/mol. The number of nitrogens with one attached hydrogen (secondary N) is 1. The van der Waals surface area contributed by atoms with Gasteiger partial charge in [-0.05, 0) is 45.0 Å². The highest BCUT2D eigenvalue weighted by molar-refractivity contribution is 6.06. The van der Waals surface area contributed by atoms with E-state index in [1.165, 1.54) is 0 Å². The van der Waals surface area contributed by atoms with E-state index in [2.05, 4.69) is 9.88 Å². The summed E-state index contributed by atoms with van der Waals surface area (Å²) >= 11 is 0. The van der Waals surface area contributed by atoms with Gasteiger partial charge in [0.05, 0.1) is 6.54 Å². The van der Waals surface area contributed by atoms with Gasteiger partial charge in [-0.25, -0.2) is 9.59 Å². The van der Waals surface area contributed by atoms with E-state index < -0.39 is 11.6 Å². The third kappa shape index (κ3) is 3.42. The normalized spacial score (nSPS) is 17.5. The molecule has 0 unspecified atom stereocenters. The van der Waals surface area contributed by atoms with Gasteiger partial charge in [0.15, 0.2) is 0 Å². The SMILES string of the molecule is CC(C)(C)OC(=O)N1CCn2c(cc3cc(N4CCC(=O)NC4=O)ccc32)C1. The van der Waals surface area contributed by atoms with Crippen LogP contribution in [0.15, 0.2) is 24.3 Å². The van der Waals surface area contributed by atoms with E-state index in [1.807, 2.05) is 45.0 Å². The van der Waals surface area contributed by atoms with Crippen molar-refractivity contribution in [3.8, 4) is 0 Å². The van der Waals surface area contributed by atoms with Crippen molar-refractivity contribution < 1.29 is 19.1 Å². The third-order valence-electron chi connectivity index (χ3n) is 4.93. The minimum absolute atomic E-state index is 0.246. The van der Waals surface area contributed by atoms with Gasteiger partial charge < -0.3 is 14.2 Å². The zero-order chi connectivity index (χ0) is 20.1. The van der Waals surface area contributed by atoms with E-state index in [9.17, 15) is 14.4 Å². The molecule has 1 saturated heterocycles. The standard InChI is InChI=1S/C20H24N4O4/c1-20(2,3)28-19(27)22-8-9-23-15(12-22)11-13-10-14(4-5-16(13)23)24-7-6-17(25)21-18(24)26/h4-5,10-11H,6-9,12H2,1-3H3,(H,21,25,26). The fraction of sp³-hybridized carbons (Fsp3) is 0.450. The first-order valence-corrected chi connectivity index (χ1v) is 9.43. The number of nitrogens with zero attached hydrogens (tertiary/aromatic N) is 3. The minimum atomic E-state index is -0.521. The van der Waals surface area contributed by atoms with Crippen molar-refractivity contribution in [1.82, 2.24) is 14.8 Å². The number of aromatic nitrogens is 1. The van der Waals surface area contributed by atoms with Crippen LogP contribution in [-0.2, 0) is 22.6 Å². The molecule has 4 rings (SSSR count). The maximum Gasteiger partial charge on any atom is 0.410 e. The van der Waals surface area contributed by atoms with E-state index in [0.29, 0.717) is 32.6 Å². The Morgan fingerprint density at radius 1 is 1.11 bits per heavy atom. The van der Waals surface area contributed by atoms with Gasteiger partial charge in [0.1, 0.15) is 5.60 Å². The van der Waals surface area contributed by atoms with Crippen molar-refractivity contribution in [3.05, 3.63) is 30.0 Å². The number of fused-ring (bicyclic) bond motifs is 3. The molecule has 1 N–H and O–H groups in total. The Hall–Kier alpha value is -3.03. The van der Waals surface area contributed by atoms with Gasteiger partial charge in [0, 0.05) is 48.3 Å². The molecule has 1 aromatic heterocycles. The maximum atomic E-state index is 12.4. The number of urea groups is 1. The van der Waals surface area contributed by atoms with Gasteiger partial charge in [-0.3, -0.25) is 15.0 Å². The lowest BCUT2D eigenvalue weighted by Gasteiger charge is -2.31. The van der Waals surface area contributed by atoms with Crippen LogP contribution in [-0.4, -0.2) is 46.2 Å². The number of hydrogen-bond acceptors (Lipinski definition) is 4. The summed E-state index contributed by atoms with van der Waals surface area (Å²) in [4.78, 5) is 39.1. The predicted octanol–water partition coefficient (Wildman–Crippen LogP) is 2.84. The van der Waals surface area contributed by atoms with Crippen molar-refractivity contribution in [2.24, 2.45) is 0 Å². The molecule has 148 valence electrons. The van der Waals surface area contributed by atoms with Gasteiger partial charge in [-0.2, -0.15) is 0 Å². The Labute approximate surface area is 163 Å². The van der Waals surface area contributed by atoms with Crippen LogP contribution in [0.3, 0.4) is 0 Å². The minimum Gasteiger partial charge on any atom is -0.444 e. The quantitative estimate of drug-likeness (QED) is 0.819. The number of anilines is 1. The number of ether oxygens (including phenoxy) is 1. The monoisotopic (exact) mass is 384 g/mol. The molecule has 2 aliphatic heterocycles. The molecule has 3 heterocycles. The molecule has 0 atom stereocenters. The molecular formula is C20H24N4O4. The van der Waals surface area contributed by atoms with E-state index in [0.717, 1.165) is 22.3 Å². The molecule has 0 spiro atoms. The lowest BCUT2D eigenvalue weighted by molar-refractivity contribution is -0.120. The highest BCUT2D eigenvalue weighted by atomic mass is 16.6.